The first-order valence-corrected chi connectivity index (χ1v) is 8.92. The molecular formula is C18H11Cl2F2N5O3. The van der Waals surface area contributed by atoms with Gasteiger partial charge in [0.2, 0.25) is 11.6 Å². The van der Waals surface area contributed by atoms with Crippen molar-refractivity contribution in [3.05, 3.63) is 67.4 Å². The summed E-state index contributed by atoms with van der Waals surface area (Å²) in [7, 11) is 1.35. The standard InChI is InChI=1S/C18H11Cl2F2N5O3/c1-29-18-9(4-12(20)26-27-18)5-13-24-14(16(21)22)15(17(28)25-13)30-11-3-8(7-23)2-10(19)6-11/h2-4,6,16H,5H2,1H3,(H,24,25,28). The Balaban J connectivity index is 2.02. The van der Waals surface area contributed by atoms with Gasteiger partial charge >= 0.3 is 0 Å². The van der Waals surface area contributed by atoms with Crippen molar-refractivity contribution in [1.29, 1.82) is 5.26 Å². The van der Waals surface area contributed by atoms with Gasteiger partial charge in [-0.25, -0.2) is 13.8 Å². The second-order valence-electron chi connectivity index (χ2n) is 5.80. The lowest BCUT2D eigenvalue weighted by molar-refractivity contribution is 0.141. The molecule has 0 aliphatic carbocycles. The zero-order valence-corrected chi connectivity index (χ0v) is 16.6. The molecule has 8 nitrogen and oxygen atoms in total. The third-order valence-corrected chi connectivity index (χ3v) is 4.14. The van der Waals surface area contributed by atoms with Gasteiger partial charge in [-0.2, -0.15) is 5.26 Å². The monoisotopic (exact) mass is 453 g/mol. The molecule has 2 heterocycles. The number of hydrogen-bond donors (Lipinski definition) is 1. The molecule has 12 heteroatoms. The van der Waals surface area contributed by atoms with Crippen LogP contribution in [0.5, 0.6) is 17.4 Å². The maximum Gasteiger partial charge on any atom is 0.294 e. The van der Waals surface area contributed by atoms with Crippen LogP contribution in [0.4, 0.5) is 8.78 Å². The van der Waals surface area contributed by atoms with Gasteiger partial charge in [0.25, 0.3) is 12.0 Å². The minimum Gasteiger partial charge on any atom is -0.480 e. The highest BCUT2D eigenvalue weighted by atomic mass is 35.5. The van der Waals surface area contributed by atoms with E-state index in [2.05, 4.69) is 20.2 Å². The first-order chi connectivity index (χ1) is 14.3. The number of halogens is 4. The fraction of sp³-hybridized carbons (Fsp3) is 0.167. The molecule has 0 fully saturated rings. The molecule has 0 aliphatic heterocycles. The average Bonchev–Trinajstić information content (AvgIpc) is 2.69. The lowest BCUT2D eigenvalue weighted by atomic mass is 10.2. The van der Waals surface area contributed by atoms with Crippen LogP contribution in [0.1, 0.15) is 29.1 Å². The van der Waals surface area contributed by atoms with Gasteiger partial charge in [0.15, 0.2) is 10.8 Å². The lowest BCUT2D eigenvalue weighted by Crippen LogP contribution is -2.18. The molecule has 30 heavy (non-hydrogen) atoms. The van der Waals surface area contributed by atoms with Crippen LogP contribution in [-0.2, 0) is 6.42 Å². The first-order valence-electron chi connectivity index (χ1n) is 8.16. The molecule has 0 atom stereocenters. The summed E-state index contributed by atoms with van der Waals surface area (Å²) in [5.74, 6) is -0.761. The zero-order chi connectivity index (χ0) is 21.8. The minimum atomic E-state index is -3.11. The number of methoxy groups -OCH3 is 1. The molecule has 154 valence electrons. The van der Waals surface area contributed by atoms with Crippen molar-refractivity contribution in [2.75, 3.05) is 7.11 Å². The van der Waals surface area contributed by atoms with Crippen LogP contribution in [-0.4, -0.2) is 27.3 Å². The minimum absolute atomic E-state index is 0.0523. The second kappa shape index (κ2) is 9.02. The van der Waals surface area contributed by atoms with Crippen molar-refractivity contribution in [2.24, 2.45) is 0 Å². The molecular weight excluding hydrogens is 443 g/mol. The third-order valence-electron chi connectivity index (χ3n) is 3.73. The Morgan fingerprint density at radius 2 is 2.00 bits per heavy atom. The molecule has 3 rings (SSSR count). The molecule has 0 aliphatic rings. The largest absolute Gasteiger partial charge is 0.480 e. The molecule has 2 aromatic heterocycles. The maximum absolute atomic E-state index is 13.6. The Kier molecular flexibility index (Phi) is 6.44. The summed E-state index contributed by atoms with van der Waals surface area (Å²) in [5.41, 5.74) is -1.31. The van der Waals surface area contributed by atoms with Gasteiger partial charge in [0.05, 0.1) is 18.7 Å². The van der Waals surface area contributed by atoms with E-state index in [4.69, 9.17) is 37.9 Å². The Labute approximate surface area is 178 Å². The van der Waals surface area contributed by atoms with E-state index in [-0.39, 0.29) is 39.6 Å². The van der Waals surface area contributed by atoms with Crippen LogP contribution in [0, 0.1) is 11.3 Å². The summed E-state index contributed by atoms with van der Waals surface area (Å²) in [6.07, 6.45) is -3.22. The summed E-state index contributed by atoms with van der Waals surface area (Å²) >= 11 is 11.7. The fourth-order valence-corrected chi connectivity index (χ4v) is 2.93. The maximum atomic E-state index is 13.6. The summed E-state index contributed by atoms with van der Waals surface area (Å²) < 4.78 is 37.6. The van der Waals surface area contributed by atoms with Crippen molar-refractivity contribution in [3.63, 3.8) is 0 Å². The normalized spacial score (nSPS) is 10.7. The highest BCUT2D eigenvalue weighted by Gasteiger charge is 2.23. The molecule has 0 amide bonds. The van der Waals surface area contributed by atoms with Crippen LogP contribution < -0.4 is 15.0 Å². The SMILES string of the molecule is COc1nnc(Cl)cc1Cc1nc(C(F)F)c(Oc2cc(Cl)cc(C#N)c2)c(=O)[nH]1. The highest BCUT2D eigenvalue weighted by Crippen LogP contribution is 2.30. The van der Waals surface area contributed by atoms with Gasteiger partial charge in [-0.05, 0) is 24.3 Å². The molecule has 0 saturated heterocycles. The summed E-state index contributed by atoms with van der Waals surface area (Å²) in [6.45, 7) is 0. The van der Waals surface area contributed by atoms with E-state index >= 15 is 0 Å². The third kappa shape index (κ3) is 4.82. The molecule has 1 N–H and O–H groups in total. The number of aromatic nitrogens is 4. The van der Waals surface area contributed by atoms with Crippen molar-refractivity contribution < 1.29 is 18.3 Å². The van der Waals surface area contributed by atoms with E-state index in [1.807, 2.05) is 6.07 Å². The van der Waals surface area contributed by atoms with Crippen LogP contribution in [0.25, 0.3) is 0 Å². The smallest absolute Gasteiger partial charge is 0.294 e. The van der Waals surface area contributed by atoms with Gasteiger partial charge in [0, 0.05) is 17.0 Å². The number of hydrogen-bond acceptors (Lipinski definition) is 7. The van der Waals surface area contributed by atoms with Gasteiger partial charge in [-0.3, -0.25) is 4.79 Å². The van der Waals surface area contributed by atoms with Gasteiger partial charge in [-0.15, -0.1) is 10.2 Å². The van der Waals surface area contributed by atoms with Crippen LogP contribution in [0.2, 0.25) is 10.2 Å². The van der Waals surface area contributed by atoms with Crippen LogP contribution >= 0.6 is 23.2 Å². The molecule has 1 aromatic carbocycles. The van der Waals surface area contributed by atoms with Crippen molar-refractivity contribution >= 4 is 23.2 Å². The van der Waals surface area contributed by atoms with Gasteiger partial charge in [0.1, 0.15) is 11.6 Å². The number of aromatic amines is 1. The number of nitrogens with one attached hydrogen (secondary N) is 1. The highest BCUT2D eigenvalue weighted by molar-refractivity contribution is 6.30. The Bertz CT molecular complexity index is 1200. The molecule has 0 bridgehead atoms. The summed E-state index contributed by atoms with van der Waals surface area (Å²) in [5, 5.41) is 16.5. The zero-order valence-electron chi connectivity index (χ0n) is 15.1. The average molecular weight is 454 g/mol. The van der Waals surface area contributed by atoms with Crippen molar-refractivity contribution in [1.82, 2.24) is 20.2 Å². The van der Waals surface area contributed by atoms with Crippen molar-refractivity contribution in [3.8, 4) is 23.4 Å². The predicted octanol–water partition coefficient (Wildman–Crippen LogP) is 4.07. The van der Waals surface area contributed by atoms with E-state index < -0.39 is 23.4 Å². The number of benzene rings is 1. The summed E-state index contributed by atoms with van der Waals surface area (Å²) in [6, 6.07) is 7.15. The van der Waals surface area contributed by atoms with Gasteiger partial charge in [-0.1, -0.05) is 23.2 Å². The van der Waals surface area contributed by atoms with E-state index in [9.17, 15) is 13.6 Å². The predicted molar refractivity (Wildman–Crippen MR) is 102 cm³/mol. The lowest BCUT2D eigenvalue weighted by Gasteiger charge is -2.12. The number of nitrogens with zero attached hydrogens (tertiary/aromatic N) is 4. The topological polar surface area (TPSA) is 114 Å². The molecule has 0 radical (unpaired) electrons. The second-order valence-corrected chi connectivity index (χ2v) is 6.62. The van der Waals surface area contributed by atoms with Crippen LogP contribution in [0.15, 0.2) is 29.1 Å². The van der Waals surface area contributed by atoms with Gasteiger partial charge < -0.3 is 14.5 Å². The number of alkyl halides is 2. The van der Waals surface area contributed by atoms with Crippen LogP contribution in [0.3, 0.4) is 0 Å². The Morgan fingerprint density at radius 3 is 2.67 bits per heavy atom. The number of nitriles is 1. The molecule has 0 spiro atoms. The number of ether oxygens (including phenoxy) is 2. The van der Waals surface area contributed by atoms with E-state index in [0.717, 1.165) is 0 Å². The Morgan fingerprint density at radius 1 is 1.23 bits per heavy atom. The van der Waals surface area contributed by atoms with E-state index in [1.165, 1.54) is 31.4 Å². The molecule has 3 aromatic rings. The molecule has 0 unspecified atom stereocenters. The Hall–Kier alpha value is -3.29. The van der Waals surface area contributed by atoms with E-state index in [1.54, 1.807) is 0 Å². The fourth-order valence-electron chi connectivity index (χ4n) is 2.53. The first kappa shape index (κ1) is 21.4. The van der Waals surface area contributed by atoms with Crippen molar-refractivity contribution in [2.45, 2.75) is 12.8 Å². The number of rotatable bonds is 6. The summed E-state index contributed by atoms with van der Waals surface area (Å²) in [4.78, 5) is 18.7. The van der Waals surface area contributed by atoms with E-state index in [0.29, 0.717) is 5.56 Å². The quantitative estimate of drug-likeness (QED) is 0.597. The number of H-pyrrole nitrogens is 1. The molecule has 0 saturated carbocycles.